The minimum atomic E-state index is -6.53. The Kier molecular flexibility index (Phi) is 6.31. The smallest absolute Gasteiger partial charge is 0.248 e. The number of alkyl halides is 9. The summed E-state index contributed by atoms with van der Waals surface area (Å²) in [6.45, 7) is 1.60. The molecule has 3 atom stereocenters. The first-order valence-corrected chi connectivity index (χ1v) is 9.37. The molecule has 0 N–H and O–H groups in total. The van der Waals surface area contributed by atoms with Crippen LogP contribution in [-0.2, 0) is 10.8 Å². The number of hydrogen-bond donors (Lipinski definition) is 0. The van der Waals surface area contributed by atoms with Crippen LogP contribution in [0.3, 0.4) is 0 Å². The van der Waals surface area contributed by atoms with Crippen molar-refractivity contribution in [3.05, 3.63) is 21.5 Å². The van der Waals surface area contributed by atoms with Crippen LogP contribution in [0.2, 0.25) is 0 Å². The van der Waals surface area contributed by atoms with Crippen molar-refractivity contribution in [3.63, 3.8) is 0 Å². The van der Waals surface area contributed by atoms with E-state index in [0.717, 1.165) is 12.2 Å². The molecule has 0 fully saturated rings. The molecule has 12 heteroatoms. The average molecular weight is 561 g/mol. The van der Waals surface area contributed by atoms with E-state index in [1.807, 2.05) is 0 Å². The van der Waals surface area contributed by atoms with Gasteiger partial charge in [-0.3, -0.25) is 0 Å². The summed E-state index contributed by atoms with van der Waals surface area (Å²) in [5.41, 5.74) is 0. The van der Waals surface area contributed by atoms with Gasteiger partial charge in [-0.05, 0) is 23.1 Å². The van der Waals surface area contributed by atoms with Gasteiger partial charge in [0, 0.05) is 9.73 Å². The Labute approximate surface area is 154 Å². The van der Waals surface area contributed by atoms with Gasteiger partial charge in [0.2, 0.25) is 0 Å². The second-order valence-corrected chi connectivity index (χ2v) is 10.1. The minimum absolute atomic E-state index is 0.196. The van der Waals surface area contributed by atoms with Crippen molar-refractivity contribution in [2.45, 2.75) is 39.8 Å². The molecule has 1 nitrogen and oxygen atoms in total. The highest BCUT2D eigenvalue weighted by atomic mass is 79.9. The molecule has 0 spiro atoms. The van der Waals surface area contributed by atoms with Gasteiger partial charge in [-0.2, -0.15) is 30.7 Å². The van der Waals surface area contributed by atoms with Crippen molar-refractivity contribution in [3.8, 4) is 0 Å². The lowest BCUT2D eigenvalue weighted by molar-refractivity contribution is -0.331. The van der Waals surface area contributed by atoms with Gasteiger partial charge < -0.3 is 0 Å². The Balaban J connectivity index is 3.35. The normalized spacial score (nSPS) is 26.4. The fraction of sp³-hybridized carbons (Fsp3) is 0.636. The second kappa shape index (κ2) is 6.71. The molecule has 0 saturated heterocycles. The third-order valence-corrected chi connectivity index (χ3v) is 7.47. The highest BCUT2D eigenvalue weighted by Crippen LogP contribution is 2.51. The van der Waals surface area contributed by atoms with Crippen LogP contribution in [0.25, 0.3) is 0 Å². The predicted octanol–water partition coefficient (Wildman–Crippen LogP) is 6.01. The summed E-state index contributed by atoms with van der Waals surface area (Å²) < 4.78 is 101. The molecule has 0 radical (unpaired) electrons. The summed E-state index contributed by atoms with van der Waals surface area (Å²) in [5, 5.41) is -5.82. The maximum atomic E-state index is 13.6. The summed E-state index contributed by atoms with van der Waals surface area (Å²) >= 11 is 9.32. The molecule has 0 heterocycles. The Morgan fingerprint density at radius 1 is 1.22 bits per heavy atom. The van der Waals surface area contributed by atoms with Crippen LogP contribution >= 0.6 is 47.8 Å². The zero-order valence-corrected chi connectivity index (χ0v) is 16.6. The van der Waals surface area contributed by atoms with E-state index in [9.17, 15) is 34.9 Å². The highest BCUT2D eigenvalue weighted by Gasteiger charge is 2.76. The van der Waals surface area contributed by atoms with E-state index in [0.29, 0.717) is 0 Å². The fourth-order valence-corrected chi connectivity index (χ4v) is 5.03. The molecule has 0 aliphatic heterocycles. The molecule has 0 bridgehead atoms. The third kappa shape index (κ3) is 4.05. The largest absolute Gasteiger partial charge is 0.461 e. The second-order valence-electron chi connectivity index (χ2n) is 4.72. The molecule has 3 unspecified atom stereocenters. The molecular formula is C11H8Br3F7OS. The molecule has 0 saturated carbocycles. The van der Waals surface area contributed by atoms with Gasteiger partial charge in [-0.1, -0.05) is 54.7 Å². The number of halogens is 10. The molecule has 1 aliphatic rings. The SMILES string of the molecule is CC(Br)C1(Br)C=C(S(=O)C(F)(F)C(F)(F)C(F)(F)F)C=C(Br)C1. The van der Waals surface area contributed by atoms with Crippen LogP contribution in [0.4, 0.5) is 30.7 Å². The number of hydrogen-bond acceptors (Lipinski definition) is 1. The van der Waals surface area contributed by atoms with Crippen LogP contribution in [0.15, 0.2) is 21.5 Å². The molecule has 0 amide bonds. The Morgan fingerprint density at radius 2 is 1.70 bits per heavy atom. The van der Waals surface area contributed by atoms with Gasteiger partial charge in [0.15, 0.2) is 0 Å². The van der Waals surface area contributed by atoms with E-state index >= 15 is 0 Å². The van der Waals surface area contributed by atoms with E-state index in [-0.39, 0.29) is 10.9 Å². The molecule has 1 rings (SSSR count). The molecule has 0 aromatic carbocycles. The summed E-state index contributed by atoms with van der Waals surface area (Å²) in [7, 11) is -3.92. The molecular weight excluding hydrogens is 553 g/mol. The van der Waals surface area contributed by atoms with E-state index in [4.69, 9.17) is 0 Å². The molecule has 1 aliphatic carbocycles. The Morgan fingerprint density at radius 3 is 2.09 bits per heavy atom. The lowest BCUT2D eigenvalue weighted by atomic mass is 9.98. The lowest BCUT2D eigenvalue weighted by Gasteiger charge is -2.33. The van der Waals surface area contributed by atoms with Crippen molar-refractivity contribution in [1.29, 1.82) is 0 Å². The van der Waals surface area contributed by atoms with Crippen LogP contribution in [0.5, 0.6) is 0 Å². The van der Waals surface area contributed by atoms with Gasteiger partial charge in [0.05, 0.1) is 4.32 Å². The van der Waals surface area contributed by atoms with Gasteiger partial charge in [-0.15, -0.1) is 0 Å². The lowest BCUT2D eigenvalue weighted by Crippen LogP contribution is -2.54. The monoisotopic (exact) mass is 558 g/mol. The van der Waals surface area contributed by atoms with Crippen molar-refractivity contribution in [1.82, 2.24) is 0 Å². The van der Waals surface area contributed by atoms with E-state index in [1.165, 1.54) is 0 Å². The van der Waals surface area contributed by atoms with Gasteiger partial charge in [-0.25, -0.2) is 4.21 Å². The third-order valence-electron chi connectivity index (χ3n) is 2.95. The first-order chi connectivity index (χ1) is 10.1. The Bertz CT molecular complexity index is 570. The van der Waals surface area contributed by atoms with Crippen molar-refractivity contribution in [2.24, 2.45) is 0 Å². The van der Waals surface area contributed by atoms with Crippen LogP contribution < -0.4 is 0 Å². The zero-order valence-electron chi connectivity index (χ0n) is 11.0. The summed E-state index contributed by atoms with van der Waals surface area (Å²) in [6.07, 6.45) is -4.53. The standard InChI is InChI=1S/C11H8Br3F7OS/c1-5(12)8(14)3-6(13)2-7(4-8)23(22)11(20,21)9(15,16)10(17,18)19/h2,4-5H,3H2,1H3. The van der Waals surface area contributed by atoms with Crippen molar-refractivity contribution < 1.29 is 34.9 Å². The van der Waals surface area contributed by atoms with Crippen LogP contribution in [0, 0.1) is 0 Å². The molecule has 23 heavy (non-hydrogen) atoms. The van der Waals surface area contributed by atoms with E-state index < -0.39 is 42.2 Å². The minimum Gasteiger partial charge on any atom is -0.248 e. The van der Waals surface area contributed by atoms with Gasteiger partial charge in [0.1, 0.15) is 10.8 Å². The van der Waals surface area contributed by atoms with Crippen molar-refractivity contribution >= 4 is 58.6 Å². The predicted molar refractivity (Wildman–Crippen MR) is 83.8 cm³/mol. The highest BCUT2D eigenvalue weighted by molar-refractivity contribution is 9.13. The van der Waals surface area contributed by atoms with Crippen LogP contribution in [0.1, 0.15) is 13.3 Å². The first-order valence-electron chi connectivity index (χ1n) is 5.72. The van der Waals surface area contributed by atoms with E-state index in [1.54, 1.807) is 6.92 Å². The van der Waals surface area contributed by atoms with Gasteiger partial charge >= 0.3 is 17.4 Å². The average Bonchev–Trinajstić information content (AvgIpc) is 2.34. The molecule has 0 aromatic rings. The number of allylic oxidation sites excluding steroid dienone is 3. The molecule has 0 aromatic heterocycles. The van der Waals surface area contributed by atoms with E-state index in [2.05, 4.69) is 47.8 Å². The summed E-state index contributed by atoms with van der Waals surface area (Å²) in [5.74, 6) is -6.43. The first kappa shape index (κ1) is 21.6. The summed E-state index contributed by atoms with van der Waals surface area (Å²) in [6, 6.07) is 0. The van der Waals surface area contributed by atoms with Crippen molar-refractivity contribution in [2.75, 3.05) is 0 Å². The zero-order chi connectivity index (χ0) is 18.4. The number of rotatable bonds is 4. The summed E-state index contributed by atoms with van der Waals surface area (Å²) in [4.78, 5) is -1.25. The quantitative estimate of drug-likeness (QED) is 0.304. The van der Waals surface area contributed by atoms with Crippen LogP contribution in [-0.4, -0.2) is 30.7 Å². The maximum Gasteiger partial charge on any atom is 0.461 e. The topological polar surface area (TPSA) is 17.1 Å². The maximum absolute atomic E-state index is 13.6. The molecule has 134 valence electrons. The Hall–Kier alpha value is 0.580. The van der Waals surface area contributed by atoms with Gasteiger partial charge in [0.25, 0.3) is 0 Å². The fourth-order valence-electron chi connectivity index (χ4n) is 1.59.